The van der Waals surface area contributed by atoms with E-state index in [-0.39, 0.29) is 13.0 Å². The van der Waals surface area contributed by atoms with Gasteiger partial charge in [0.1, 0.15) is 6.04 Å². The van der Waals surface area contributed by atoms with E-state index >= 15 is 0 Å². The number of aromatic nitrogens is 2. The fourth-order valence-electron chi connectivity index (χ4n) is 1.21. The Labute approximate surface area is 98.6 Å². The fraction of sp³-hybridized carbons (Fsp3) is 0.500. The standard InChI is InChI=1S/C8H14N4O4S/c1-2-11-17(15,16)12-7(8(13)14)3-6-4-9-5-10-6/h4-5,7,11-12H,2-3H2,1H3,(H,9,10)(H,13,14)/t7-/m0/s1. The van der Waals surface area contributed by atoms with E-state index in [2.05, 4.69) is 14.7 Å². The van der Waals surface area contributed by atoms with Crippen LogP contribution >= 0.6 is 0 Å². The summed E-state index contributed by atoms with van der Waals surface area (Å²) in [4.78, 5) is 17.4. The van der Waals surface area contributed by atoms with Crippen molar-refractivity contribution in [1.82, 2.24) is 19.4 Å². The van der Waals surface area contributed by atoms with Crippen molar-refractivity contribution in [2.24, 2.45) is 0 Å². The summed E-state index contributed by atoms with van der Waals surface area (Å²) in [6, 6.07) is -1.24. The number of aromatic amines is 1. The van der Waals surface area contributed by atoms with Crippen molar-refractivity contribution in [3.63, 3.8) is 0 Å². The van der Waals surface area contributed by atoms with E-state index in [1.807, 2.05) is 4.72 Å². The Bertz CT molecular complexity index is 456. The molecule has 1 heterocycles. The molecule has 9 heteroatoms. The van der Waals surface area contributed by atoms with Gasteiger partial charge in [0.05, 0.1) is 6.33 Å². The fourth-order valence-corrected chi connectivity index (χ4v) is 2.24. The molecule has 1 aromatic rings. The van der Waals surface area contributed by atoms with Crippen molar-refractivity contribution in [3.05, 3.63) is 18.2 Å². The number of rotatable bonds is 7. The maximum Gasteiger partial charge on any atom is 0.322 e. The average molecular weight is 262 g/mol. The number of imidazole rings is 1. The van der Waals surface area contributed by atoms with Gasteiger partial charge in [-0.1, -0.05) is 6.92 Å². The van der Waals surface area contributed by atoms with Gasteiger partial charge in [-0.25, -0.2) is 9.71 Å². The van der Waals surface area contributed by atoms with E-state index < -0.39 is 22.2 Å². The second kappa shape index (κ2) is 5.75. The number of carbonyl (C=O) groups is 1. The van der Waals surface area contributed by atoms with Gasteiger partial charge in [0.2, 0.25) is 0 Å². The number of H-pyrrole nitrogens is 1. The van der Waals surface area contributed by atoms with Crippen LogP contribution in [0.5, 0.6) is 0 Å². The zero-order valence-corrected chi connectivity index (χ0v) is 9.99. The number of carboxylic acid groups (broad SMARTS) is 1. The third-order valence-corrected chi connectivity index (χ3v) is 3.17. The van der Waals surface area contributed by atoms with Crippen molar-refractivity contribution in [2.75, 3.05) is 6.54 Å². The van der Waals surface area contributed by atoms with Crippen LogP contribution in [0.3, 0.4) is 0 Å². The first-order valence-corrected chi connectivity index (χ1v) is 6.40. The highest BCUT2D eigenvalue weighted by Gasteiger charge is 2.24. The van der Waals surface area contributed by atoms with E-state index in [9.17, 15) is 13.2 Å². The number of hydrogen-bond acceptors (Lipinski definition) is 4. The predicted octanol–water partition coefficient (Wildman–Crippen LogP) is -1.15. The lowest BCUT2D eigenvalue weighted by molar-refractivity contribution is -0.138. The van der Waals surface area contributed by atoms with Gasteiger partial charge in [-0.2, -0.15) is 13.1 Å². The number of nitrogens with zero attached hydrogens (tertiary/aromatic N) is 1. The summed E-state index contributed by atoms with van der Waals surface area (Å²) in [7, 11) is -3.79. The second-order valence-electron chi connectivity index (χ2n) is 3.29. The first kappa shape index (κ1) is 13.6. The summed E-state index contributed by atoms with van der Waals surface area (Å²) < 4.78 is 26.9. The Balaban J connectivity index is 2.71. The van der Waals surface area contributed by atoms with Gasteiger partial charge in [0.25, 0.3) is 10.2 Å². The Morgan fingerprint density at radius 1 is 1.65 bits per heavy atom. The highest BCUT2D eigenvalue weighted by Crippen LogP contribution is 2.00. The summed E-state index contributed by atoms with van der Waals surface area (Å²) in [5.74, 6) is -1.25. The molecule has 0 aliphatic rings. The Morgan fingerprint density at radius 2 is 2.35 bits per heavy atom. The van der Waals surface area contributed by atoms with Crippen LogP contribution < -0.4 is 9.44 Å². The van der Waals surface area contributed by atoms with Crippen LogP contribution in [0.25, 0.3) is 0 Å². The van der Waals surface area contributed by atoms with E-state index in [0.29, 0.717) is 5.69 Å². The summed E-state index contributed by atoms with van der Waals surface area (Å²) >= 11 is 0. The van der Waals surface area contributed by atoms with E-state index in [4.69, 9.17) is 5.11 Å². The van der Waals surface area contributed by atoms with Crippen LogP contribution in [-0.2, 0) is 21.4 Å². The van der Waals surface area contributed by atoms with E-state index in [1.54, 1.807) is 6.92 Å². The molecule has 0 fully saturated rings. The molecule has 0 aliphatic heterocycles. The Hall–Kier alpha value is -1.45. The second-order valence-corrected chi connectivity index (χ2v) is 4.82. The summed E-state index contributed by atoms with van der Waals surface area (Å²) in [6.07, 6.45) is 2.84. The van der Waals surface area contributed by atoms with Crippen molar-refractivity contribution < 1.29 is 18.3 Å². The largest absolute Gasteiger partial charge is 0.480 e. The molecule has 96 valence electrons. The molecule has 0 aromatic carbocycles. The first-order chi connectivity index (χ1) is 7.94. The van der Waals surface area contributed by atoms with Gasteiger partial charge < -0.3 is 10.1 Å². The van der Waals surface area contributed by atoms with Gasteiger partial charge in [-0.05, 0) is 0 Å². The SMILES string of the molecule is CCNS(=O)(=O)N[C@@H](Cc1cnc[nH]1)C(=O)O. The number of aliphatic carboxylic acids is 1. The van der Waals surface area contributed by atoms with E-state index in [0.717, 1.165) is 0 Å². The third kappa shape index (κ3) is 4.51. The molecule has 0 saturated heterocycles. The maximum atomic E-state index is 11.4. The minimum atomic E-state index is -3.79. The molecule has 1 aromatic heterocycles. The van der Waals surface area contributed by atoms with Crippen LogP contribution in [0.2, 0.25) is 0 Å². The number of nitrogens with one attached hydrogen (secondary N) is 3. The molecule has 1 atom stereocenters. The van der Waals surface area contributed by atoms with Crippen molar-refractivity contribution >= 4 is 16.2 Å². The quantitative estimate of drug-likeness (QED) is 0.494. The van der Waals surface area contributed by atoms with Crippen LogP contribution in [-0.4, -0.2) is 42.0 Å². The number of hydrogen-bond donors (Lipinski definition) is 4. The molecule has 0 unspecified atom stereocenters. The lowest BCUT2D eigenvalue weighted by atomic mass is 10.2. The van der Waals surface area contributed by atoms with Crippen molar-refractivity contribution in [1.29, 1.82) is 0 Å². The predicted molar refractivity (Wildman–Crippen MR) is 59.4 cm³/mol. The third-order valence-electron chi connectivity index (χ3n) is 1.91. The number of carboxylic acids is 1. The Kier molecular flexibility index (Phi) is 4.61. The van der Waals surface area contributed by atoms with Crippen molar-refractivity contribution in [2.45, 2.75) is 19.4 Å². The molecule has 0 radical (unpaired) electrons. The molecule has 0 aliphatic carbocycles. The topological polar surface area (TPSA) is 124 Å². The van der Waals surface area contributed by atoms with E-state index in [1.165, 1.54) is 12.5 Å². The smallest absolute Gasteiger partial charge is 0.322 e. The molecule has 17 heavy (non-hydrogen) atoms. The highest BCUT2D eigenvalue weighted by atomic mass is 32.2. The molecule has 8 nitrogen and oxygen atoms in total. The summed E-state index contributed by atoms with van der Waals surface area (Å²) in [5.41, 5.74) is 0.539. The molecule has 0 spiro atoms. The highest BCUT2D eigenvalue weighted by molar-refractivity contribution is 7.87. The van der Waals surface area contributed by atoms with Crippen LogP contribution in [0.15, 0.2) is 12.5 Å². The summed E-state index contributed by atoms with van der Waals surface area (Å²) in [5, 5.41) is 8.91. The maximum absolute atomic E-state index is 11.4. The van der Waals surface area contributed by atoms with Crippen LogP contribution in [0.1, 0.15) is 12.6 Å². The molecular formula is C8H14N4O4S. The van der Waals surface area contributed by atoms with Gasteiger partial charge >= 0.3 is 5.97 Å². The van der Waals surface area contributed by atoms with Gasteiger partial charge in [0.15, 0.2) is 0 Å². The minimum absolute atomic E-state index is 0.0000420. The van der Waals surface area contributed by atoms with Crippen LogP contribution in [0.4, 0.5) is 0 Å². The molecule has 0 saturated carbocycles. The van der Waals surface area contributed by atoms with Gasteiger partial charge in [-0.15, -0.1) is 0 Å². The molecular weight excluding hydrogens is 248 g/mol. The van der Waals surface area contributed by atoms with Crippen molar-refractivity contribution in [3.8, 4) is 0 Å². The zero-order chi connectivity index (χ0) is 12.9. The molecule has 0 bridgehead atoms. The minimum Gasteiger partial charge on any atom is -0.480 e. The normalized spacial score (nSPS) is 13.5. The van der Waals surface area contributed by atoms with Gasteiger partial charge in [-0.3, -0.25) is 4.79 Å². The molecule has 4 N–H and O–H groups in total. The first-order valence-electron chi connectivity index (χ1n) is 4.91. The monoisotopic (exact) mass is 262 g/mol. The average Bonchev–Trinajstić information content (AvgIpc) is 2.68. The zero-order valence-electron chi connectivity index (χ0n) is 9.17. The Morgan fingerprint density at radius 3 is 2.82 bits per heavy atom. The lowest BCUT2D eigenvalue weighted by Gasteiger charge is -2.13. The lowest BCUT2D eigenvalue weighted by Crippen LogP contribution is -2.47. The van der Waals surface area contributed by atoms with Crippen LogP contribution in [0, 0.1) is 0 Å². The molecule has 1 rings (SSSR count). The molecule has 0 amide bonds. The van der Waals surface area contributed by atoms with Gasteiger partial charge in [0, 0.05) is 24.9 Å². The summed E-state index contributed by atoms with van der Waals surface area (Å²) in [6.45, 7) is 1.79.